The molecular weight excluding hydrogens is 253 g/mol. The number of anilines is 1. The number of hydrogen-bond acceptors (Lipinski definition) is 2. The minimum absolute atomic E-state index is 0.111. The van der Waals surface area contributed by atoms with E-state index < -0.39 is 11.7 Å². The average Bonchev–Trinajstić information content (AvgIpc) is 3.22. The second kappa shape index (κ2) is 4.69. The van der Waals surface area contributed by atoms with E-state index in [4.69, 9.17) is 0 Å². The Kier molecular flexibility index (Phi) is 3.15. The molecule has 1 atom stereocenters. The van der Waals surface area contributed by atoms with Gasteiger partial charge >= 0.3 is 6.18 Å². The van der Waals surface area contributed by atoms with Gasteiger partial charge in [0.15, 0.2) is 0 Å². The van der Waals surface area contributed by atoms with Crippen molar-refractivity contribution < 1.29 is 13.2 Å². The Morgan fingerprint density at radius 1 is 1.16 bits per heavy atom. The molecule has 1 aliphatic heterocycles. The van der Waals surface area contributed by atoms with E-state index in [0.29, 0.717) is 12.5 Å². The highest BCUT2D eigenvalue weighted by molar-refractivity contribution is 5.48. The molecule has 2 aliphatic rings. The summed E-state index contributed by atoms with van der Waals surface area (Å²) in [6.45, 7) is 1.41. The van der Waals surface area contributed by atoms with Gasteiger partial charge in [0.1, 0.15) is 5.82 Å². The third-order valence-electron chi connectivity index (χ3n) is 4.14. The van der Waals surface area contributed by atoms with Crippen molar-refractivity contribution in [1.29, 1.82) is 0 Å². The van der Waals surface area contributed by atoms with Gasteiger partial charge in [-0.3, -0.25) is 0 Å². The van der Waals surface area contributed by atoms with Crippen LogP contribution in [0.15, 0.2) is 18.3 Å². The molecule has 5 heteroatoms. The topological polar surface area (TPSA) is 16.1 Å². The van der Waals surface area contributed by atoms with Crippen LogP contribution < -0.4 is 4.90 Å². The van der Waals surface area contributed by atoms with Crippen molar-refractivity contribution in [3.8, 4) is 0 Å². The molecule has 104 valence electrons. The summed E-state index contributed by atoms with van der Waals surface area (Å²) in [6, 6.07) is 2.48. The Morgan fingerprint density at radius 2 is 1.95 bits per heavy atom. The zero-order valence-corrected chi connectivity index (χ0v) is 10.7. The smallest absolute Gasteiger partial charge is 0.356 e. The standard InChI is InChI=1S/C14H17F3N2/c15-14(16,17)12-4-1-7-18-13(12)19-8-2-3-11(9-19)10-5-6-10/h1,4,7,10-11H,2-3,5-6,8-9H2. The summed E-state index contributed by atoms with van der Waals surface area (Å²) in [7, 11) is 0. The monoisotopic (exact) mass is 270 g/mol. The average molecular weight is 270 g/mol. The Morgan fingerprint density at radius 3 is 2.63 bits per heavy atom. The van der Waals surface area contributed by atoms with E-state index in [-0.39, 0.29) is 5.82 Å². The van der Waals surface area contributed by atoms with Crippen LogP contribution in [0.4, 0.5) is 19.0 Å². The van der Waals surface area contributed by atoms with Crippen LogP contribution >= 0.6 is 0 Å². The van der Waals surface area contributed by atoms with Crippen molar-refractivity contribution in [2.24, 2.45) is 11.8 Å². The Balaban J connectivity index is 1.84. The lowest BCUT2D eigenvalue weighted by atomic mass is 9.93. The normalized spacial score (nSPS) is 24.6. The number of hydrogen-bond donors (Lipinski definition) is 0. The lowest BCUT2D eigenvalue weighted by molar-refractivity contribution is -0.137. The molecule has 0 aromatic carbocycles. The second-order valence-corrected chi connectivity index (χ2v) is 5.56. The molecule has 1 aromatic heterocycles. The first-order chi connectivity index (χ1) is 9.05. The third kappa shape index (κ3) is 2.69. The number of pyridine rings is 1. The molecule has 2 fully saturated rings. The number of alkyl halides is 3. The van der Waals surface area contributed by atoms with E-state index >= 15 is 0 Å². The number of halogens is 3. The fraction of sp³-hybridized carbons (Fsp3) is 0.643. The van der Waals surface area contributed by atoms with Crippen LogP contribution in [0.1, 0.15) is 31.2 Å². The molecule has 1 aliphatic carbocycles. The Bertz CT molecular complexity index is 454. The molecular formula is C14H17F3N2. The zero-order chi connectivity index (χ0) is 13.5. The molecule has 2 heterocycles. The largest absolute Gasteiger partial charge is 0.419 e. The number of rotatable bonds is 2. The van der Waals surface area contributed by atoms with Gasteiger partial charge in [0, 0.05) is 19.3 Å². The van der Waals surface area contributed by atoms with Crippen molar-refractivity contribution in [3.63, 3.8) is 0 Å². The first kappa shape index (κ1) is 12.8. The number of nitrogens with zero attached hydrogens (tertiary/aromatic N) is 2. The Labute approximate surface area is 110 Å². The van der Waals surface area contributed by atoms with Crippen LogP contribution in [-0.2, 0) is 6.18 Å². The van der Waals surface area contributed by atoms with Crippen LogP contribution in [0.3, 0.4) is 0 Å². The molecule has 0 bridgehead atoms. The summed E-state index contributed by atoms with van der Waals surface area (Å²) >= 11 is 0. The van der Waals surface area contributed by atoms with E-state index in [9.17, 15) is 13.2 Å². The molecule has 0 amide bonds. The summed E-state index contributed by atoms with van der Waals surface area (Å²) in [5, 5.41) is 0. The minimum atomic E-state index is -4.32. The molecule has 0 N–H and O–H groups in total. The summed E-state index contributed by atoms with van der Waals surface area (Å²) in [5.74, 6) is 1.40. The summed E-state index contributed by atoms with van der Waals surface area (Å²) in [6.07, 6.45) is 1.73. The highest BCUT2D eigenvalue weighted by atomic mass is 19.4. The van der Waals surface area contributed by atoms with E-state index in [0.717, 1.165) is 31.4 Å². The molecule has 2 nitrogen and oxygen atoms in total. The maximum Gasteiger partial charge on any atom is 0.419 e. The van der Waals surface area contributed by atoms with Crippen LogP contribution in [0.25, 0.3) is 0 Å². The molecule has 3 rings (SSSR count). The van der Waals surface area contributed by atoms with Gasteiger partial charge < -0.3 is 4.90 Å². The van der Waals surface area contributed by atoms with Crippen molar-refractivity contribution in [2.75, 3.05) is 18.0 Å². The van der Waals surface area contributed by atoms with E-state index in [1.54, 1.807) is 0 Å². The summed E-state index contributed by atoms with van der Waals surface area (Å²) in [5.41, 5.74) is -0.605. The highest BCUT2D eigenvalue weighted by Gasteiger charge is 2.39. The van der Waals surface area contributed by atoms with Crippen LogP contribution in [-0.4, -0.2) is 18.1 Å². The van der Waals surface area contributed by atoms with Crippen LogP contribution in [0, 0.1) is 11.8 Å². The molecule has 1 aromatic rings. The van der Waals surface area contributed by atoms with Gasteiger partial charge in [-0.05, 0) is 49.7 Å². The Hall–Kier alpha value is -1.26. The van der Waals surface area contributed by atoms with Crippen LogP contribution in [0.5, 0.6) is 0 Å². The number of piperidine rings is 1. The summed E-state index contributed by atoms with van der Waals surface area (Å²) < 4.78 is 39.0. The molecule has 19 heavy (non-hydrogen) atoms. The predicted octanol–water partition coefficient (Wildman–Crippen LogP) is 3.73. The van der Waals surface area contributed by atoms with E-state index in [1.807, 2.05) is 4.90 Å². The molecule has 0 radical (unpaired) electrons. The highest BCUT2D eigenvalue weighted by Crippen LogP contribution is 2.43. The quantitative estimate of drug-likeness (QED) is 0.814. The maximum absolute atomic E-state index is 13.0. The first-order valence-corrected chi connectivity index (χ1v) is 6.83. The van der Waals surface area contributed by atoms with Crippen LogP contribution in [0.2, 0.25) is 0 Å². The van der Waals surface area contributed by atoms with Crippen molar-refractivity contribution in [2.45, 2.75) is 31.9 Å². The number of aromatic nitrogens is 1. The predicted molar refractivity (Wildman–Crippen MR) is 66.9 cm³/mol. The first-order valence-electron chi connectivity index (χ1n) is 6.83. The van der Waals surface area contributed by atoms with Crippen molar-refractivity contribution in [3.05, 3.63) is 23.9 Å². The van der Waals surface area contributed by atoms with E-state index in [2.05, 4.69) is 4.98 Å². The lowest BCUT2D eigenvalue weighted by Crippen LogP contribution is -2.38. The zero-order valence-electron chi connectivity index (χ0n) is 10.7. The van der Waals surface area contributed by atoms with Gasteiger partial charge in [-0.1, -0.05) is 0 Å². The fourth-order valence-corrected chi connectivity index (χ4v) is 3.02. The van der Waals surface area contributed by atoms with Gasteiger partial charge in [0.05, 0.1) is 5.56 Å². The second-order valence-electron chi connectivity index (χ2n) is 5.56. The van der Waals surface area contributed by atoms with Crippen molar-refractivity contribution in [1.82, 2.24) is 4.98 Å². The maximum atomic E-state index is 13.0. The van der Waals surface area contributed by atoms with Gasteiger partial charge in [-0.15, -0.1) is 0 Å². The molecule has 1 saturated carbocycles. The van der Waals surface area contributed by atoms with Gasteiger partial charge in [0.2, 0.25) is 0 Å². The SMILES string of the molecule is FC(F)(F)c1cccnc1N1CCCC(C2CC2)C1. The third-order valence-corrected chi connectivity index (χ3v) is 4.14. The molecule has 0 spiro atoms. The fourth-order valence-electron chi connectivity index (χ4n) is 3.02. The van der Waals surface area contributed by atoms with Gasteiger partial charge in [0.25, 0.3) is 0 Å². The lowest BCUT2D eigenvalue weighted by Gasteiger charge is -2.35. The molecule has 1 saturated heterocycles. The molecule has 1 unspecified atom stereocenters. The van der Waals surface area contributed by atoms with Gasteiger partial charge in [-0.25, -0.2) is 4.98 Å². The summed E-state index contributed by atoms with van der Waals surface area (Å²) in [4.78, 5) is 5.82. The van der Waals surface area contributed by atoms with Gasteiger partial charge in [-0.2, -0.15) is 13.2 Å². The van der Waals surface area contributed by atoms with Crippen molar-refractivity contribution >= 4 is 5.82 Å². The minimum Gasteiger partial charge on any atom is -0.356 e. The van der Waals surface area contributed by atoms with E-state index in [1.165, 1.54) is 25.1 Å².